The number of aromatic nitrogens is 5. The number of benzene rings is 2. The Balaban J connectivity index is 0.000000224. The molecule has 4 N–H and O–H groups in total. The van der Waals surface area contributed by atoms with Crippen molar-refractivity contribution in [2.45, 2.75) is 34.1 Å². The standard InChI is InChI=1S/C19H20N4O2.C18H19N5O2.CH4/c1-14-8-9-18(22-13-14)20-10-5-11-21-19(24)16-12-17(25-23-16)15-6-3-2-4-7-15;1-13-10-17(22-12-21-13)19-8-5-9-20-18(24)15-11-16(25-23-15)14-6-3-2-4-7-14;/h2-4,6-9,12-13H,5,10-11H2,1H3,(H,20,22)(H,21,24);2-4,6-7,10-12H,5,8-9H2,1H3,(H,20,24)(H,19,21,22);1H4. The monoisotopic (exact) mass is 689 g/mol. The quantitative estimate of drug-likeness (QED) is 0.0910. The van der Waals surface area contributed by atoms with Gasteiger partial charge >= 0.3 is 0 Å². The van der Waals surface area contributed by atoms with Gasteiger partial charge in [-0.1, -0.05) is 84.5 Å². The average Bonchev–Trinajstić information content (AvgIpc) is 3.85. The van der Waals surface area contributed by atoms with Crippen LogP contribution in [0, 0.1) is 13.8 Å². The van der Waals surface area contributed by atoms with Crippen LogP contribution < -0.4 is 21.3 Å². The van der Waals surface area contributed by atoms with Gasteiger partial charge in [0.1, 0.15) is 18.0 Å². The summed E-state index contributed by atoms with van der Waals surface area (Å²) in [4.78, 5) is 36.6. The van der Waals surface area contributed by atoms with E-state index in [-0.39, 0.29) is 30.6 Å². The average molecular weight is 690 g/mol. The fourth-order valence-electron chi connectivity index (χ4n) is 4.56. The Hall–Kier alpha value is -6.37. The van der Waals surface area contributed by atoms with Crippen LogP contribution in [-0.4, -0.2) is 63.3 Å². The molecule has 0 radical (unpaired) electrons. The summed E-state index contributed by atoms with van der Waals surface area (Å²) >= 11 is 0. The summed E-state index contributed by atoms with van der Waals surface area (Å²) in [5, 5.41) is 19.7. The Morgan fingerprint density at radius 1 is 0.608 bits per heavy atom. The Morgan fingerprint density at radius 3 is 1.63 bits per heavy atom. The number of anilines is 2. The number of carbonyl (C=O) groups excluding carboxylic acids is 2. The normalized spacial score (nSPS) is 10.2. The number of rotatable bonds is 14. The molecular weight excluding hydrogens is 646 g/mol. The number of pyridine rings is 1. The fourth-order valence-corrected chi connectivity index (χ4v) is 4.56. The van der Waals surface area contributed by atoms with E-state index in [1.165, 1.54) is 6.33 Å². The van der Waals surface area contributed by atoms with E-state index in [0.717, 1.165) is 53.4 Å². The van der Waals surface area contributed by atoms with Gasteiger partial charge in [0.05, 0.1) is 0 Å². The molecular formula is C38H43N9O4. The van der Waals surface area contributed by atoms with Crippen LogP contribution >= 0.6 is 0 Å². The molecule has 0 aliphatic rings. The lowest BCUT2D eigenvalue weighted by molar-refractivity contribution is 0.0936. The van der Waals surface area contributed by atoms with Gasteiger partial charge in [0.25, 0.3) is 11.8 Å². The lowest BCUT2D eigenvalue weighted by Gasteiger charge is -2.06. The summed E-state index contributed by atoms with van der Waals surface area (Å²) in [5.74, 6) is 2.29. The number of nitrogens with zero attached hydrogens (tertiary/aromatic N) is 5. The zero-order valence-corrected chi connectivity index (χ0v) is 27.9. The van der Waals surface area contributed by atoms with Crippen LogP contribution in [-0.2, 0) is 0 Å². The van der Waals surface area contributed by atoms with E-state index in [0.29, 0.717) is 31.2 Å². The molecule has 0 bridgehead atoms. The molecule has 264 valence electrons. The van der Waals surface area contributed by atoms with Crippen molar-refractivity contribution in [3.8, 4) is 22.6 Å². The van der Waals surface area contributed by atoms with Crippen molar-refractivity contribution in [1.29, 1.82) is 0 Å². The van der Waals surface area contributed by atoms with Crippen LogP contribution in [0.1, 0.15) is 52.5 Å². The van der Waals surface area contributed by atoms with Crippen LogP contribution in [0.3, 0.4) is 0 Å². The third kappa shape index (κ3) is 11.9. The first-order valence-electron chi connectivity index (χ1n) is 16.2. The Bertz CT molecular complexity index is 1930. The summed E-state index contributed by atoms with van der Waals surface area (Å²) in [5.41, 5.74) is 4.37. The number of amides is 2. The highest BCUT2D eigenvalue weighted by molar-refractivity contribution is 5.93. The van der Waals surface area contributed by atoms with E-state index < -0.39 is 0 Å². The molecule has 13 heteroatoms. The fraction of sp³-hybridized carbons (Fsp3) is 0.237. The van der Waals surface area contributed by atoms with E-state index in [1.807, 2.05) is 98.9 Å². The van der Waals surface area contributed by atoms with Crippen molar-refractivity contribution >= 4 is 23.5 Å². The first-order chi connectivity index (χ1) is 24.4. The molecule has 0 fully saturated rings. The predicted molar refractivity (Wildman–Crippen MR) is 197 cm³/mol. The van der Waals surface area contributed by atoms with E-state index in [2.05, 4.69) is 46.5 Å². The second-order valence-electron chi connectivity index (χ2n) is 11.2. The van der Waals surface area contributed by atoms with Crippen molar-refractivity contribution in [3.63, 3.8) is 0 Å². The van der Waals surface area contributed by atoms with E-state index in [4.69, 9.17) is 9.05 Å². The van der Waals surface area contributed by atoms with Gasteiger partial charge in [0.15, 0.2) is 22.9 Å². The largest absolute Gasteiger partial charge is 0.370 e. The van der Waals surface area contributed by atoms with Crippen molar-refractivity contribution in [1.82, 2.24) is 35.9 Å². The van der Waals surface area contributed by atoms with Crippen LogP contribution in [0.25, 0.3) is 22.6 Å². The molecule has 0 aliphatic carbocycles. The third-order valence-corrected chi connectivity index (χ3v) is 7.21. The molecule has 0 aliphatic heterocycles. The van der Waals surface area contributed by atoms with E-state index in [9.17, 15) is 9.59 Å². The smallest absolute Gasteiger partial charge is 0.273 e. The zero-order valence-electron chi connectivity index (χ0n) is 27.9. The van der Waals surface area contributed by atoms with Crippen LogP contribution in [0.2, 0.25) is 0 Å². The first-order valence-corrected chi connectivity index (χ1v) is 16.2. The minimum absolute atomic E-state index is 0. The van der Waals surface area contributed by atoms with Crippen molar-refractivity contribution in [2.75, 3.05) is 36.8 Å². The maximum absolute atomic E-state index is 12.1. The molecule has 51 heavy (non-hydrogen) atoms. The minimum Gasteiger partial charge on any atom is -0.370 e. The van der Waals surface area contributed by atoms with Gasteiger partial charge in [-0.3, -0.25) is 9.59 Å². The molecule has 2 amide bonds. The minimum atomic E-state index is -0.246. The molecule has 4 heterocycles. The third-order valence-electron chi connectivity index (χ3n) is 7.21. The van der Waals surface area contributed by atoms with Gasteiger partial charge in [-0.05, 0) is 38.3 Å². The topological polar surface area (TPSA) is 173 Å². The zero-order chi connectivity index (χ0) is 35.0. The number of hydrogen-bond acceptors (Lipinski definition) is 11. The Kier molecular flexibility index (Phi) is 14.4. The van der Waals surface area contributed by atoms with Crippen LogP contribution in [0.4, 0.5) is 11.6 Å². The summed E-state index contributed by atoms with van der Waals surface area (Å²) < 4.78 is 10.5. The Morgan fingerprint density at radius 2 is 1.14 bits per heavy atom. The molecule has 0 saturated carbocycles. The van der Waals surface area contributed by atoms with E-state index in [1.54, 1.807) is 12.1 Å². The summed E-state index contributed by atoms with van der Waals surface area (Å²) in [6.45, 7) is 6.41. The number of hydrogen-bond donors (Lipinski definition) is 4. The van der Waals surface area contributed by atoms with E-state index >= 15 is 0 Å². The summed E-state index contributed by atoms with van der Waals surface area (Å²) in [6, 6.07) is 28.2. The number of carbonyl (C=O) groups is 2. The highest BCUT2D eigenvalue weighted by Gasteiger charge is 2.14. The maximum Gasteiger partial charge on any atom is 0.273 e. The lowest BCUT2D eigenvalue weighted by Crippen LogP contribution is -2.26. The van der Waals surface area contributed by atoms with Gasteiger partial charge in [-0.25, -0.2) is 15.0 Å². The second-order valence-corrected chi connectivity index (χ2v) is 11.2. The van der Waals surface area contributed by atoms with Gasteiger partial charge in [-0.2, -0.15) is 0 Å². The molecule has 4 aromatic heterocycles. The Labute approximate surface area is 297 Å². The maximum atomic E-state index is 12.1. The highest BCUT2D eigenvalue weighted by Crippen LogP contribution is 2.20. The number of nitrogens with one attached hydrogen (secondary N) is 4. The molecule has 0 unspecified atom stereocenters. The molecule has 6 rings (SSSR count). The molecule has 0 spiro atoms. The van der Waals surface area contributed by atoms with Gasteiger partial charge in [0.2, 0.25) is 0 Å². The SMILES string of the molecule is C.Cc1cc(NCCCNC(=O)c2cc(-c3ccccc3)on2)ncn1.Cc1ccc(NCCCNC(=O)c2cc(-c3ccccc3)on2)nc1. The number of aryl methyl sites for hydroxylation is 2. The predicted octanol–water partition coefficient (Wildman–Crippen LogP) is 6.59. The molecule has 2 aromatic carbocycles. The van der Waals surface area contributed by atoms with Gasteiger partial charge in [-0.15, -0.1) is 0 Å². The summed E-state index contributed by atoms with van der Waals surface area (Å²) in [6.07, 6.45) is 4.89. The second kappa shape index (κ2) is 19.6. The molecule has 6 aromatic rings. The lowest BCUT2D eigenvalue weighted by atomic mass is 10.1. The van der Waals surface area contributed by atoms with Crippen LogP contribution in [0.5, 0.6) is 0 Å². The van der Waals surface area contributed by atoms with Gasteiger partial charge in [0, 0.05) is 67.4 Å². The van der Waals surface area contributed by atoms with Crippen molar-refractivity contribution < 1.29 is 18.6 Å². The van der Waals surface area contributed by atoms with Crippen molar-refractivity contribution in [3.05, 3.63) is 126 Å². The first kappa shape index (κ1) is 37.4. The highest BCUT2D eigenvalue weighted by atomic mass is 16.5. The molecule has 0 saturated heterocycles. The molecule has 13 nitrogen and oxygen atoms in total. The van der Waals surface area contributed by atoms with Gasteiger partial charge < -0.3 is 30.3 Å². The molecule has 0 atom stereocenters. The van der Waals surface area contributed by atoms with Crippen molar-refractivity contribution in [2.24, 2.45) is 0 Å². The van der Waals surface area contributed by atoms with Crippen LogP contribution in [0.15, 0.2) is 113 Å². The summed E-state index contributed by atoms with van der Waals surface area (Å²) in [7, 11) is 0.